The van der Waals surface area contributed by atoms with Gasteiger partial charge in [-0.2, -0.15) is 4.33 Å². The first kappa shape index (κ1) is 23.8. The van der Waals surface area contributed by atoms with Crippen molar-refractivity contribution in [3.63, 3.8) is 0 Å². The summed E-state index contributed by atoms with van der Waals surface area (Å²) in [6.07, 6.45) is 3.22. The molecule has 0 N–H and O–H groups in total. The standard InChI is InChI=1S/C18H24F4O4S2/c1-9(2)11-5-4-10(3)12(8-11)24-6-7-27-17-13(19)15(21)18(28-26-25-23)16(22)14(17)20/h9-12,23H,4-8H2,1-3H3/p-1/t10-,11-,12?/m0/s1. The van der Waals surface area contributed by atoms with Crippen molar-refractivity contribution in [2.75, 3.05) is 12.4 Å². The fourth-order valence-electron chi connectivity index (χ4n) is 3.33. The highest BCUT2D eigenvalue weighted by atomic mass is 32.2. The van der Waals surface area contributed by atoms with E-state index in [0.29, 0.717) is 29.5 Å². The molecule has 0 bridgehead atoms. The lowest BCUT2D eigenvalue weighted by atomic mass is 9.76. The first-order chi connectivity index (χ1) is 13.3. The van der Waals surface area contributed by atoms with Gasteiger partial charge in [-0.05, 0) is 37.0 Å². The van der Waals surface area contributed by atoms with Crippen molar-refractivity contribution in [1.82, 2.24) is 0 Å². The average molecular weight is 444 g/mol. The molecule has 1 aromatic rings. The molecule has 1 fully saturated rings. The van der Waals surface area contributed by atoms with Crippen LogP contribution in [0.15, 0.2) is 9.79 Å². The third-order valence-electron chi connectivity index (χ3n) is 5.09. The summed E-state index contributed by atoms with van der Waals surface area (Å²) in [5, 5.41) is 12.7. The summed E-state index contributed by atoms with van der Waals surface area (Å²) in [5.74, 6) is -4.72. The predicted octanol–water partition coefficient (Wildman–Crippen LogP) is 5.04. The van der Waals surface area contributed by atoms with E-state index in [1.165, 1.54) is 0 Å². The van der Waals surface area contributed by atoms with Crippen LogP contribution in [0.5, 0.6) is 0 Å². The minimum absolute atomic E-state index is 0.0629. The molecule has 0 spiro atoms. The zero-order valence-corrected chi connectivity index (χ0v) is 17.4. The fourth-order valence-corrected chi connectivity index (χ4v) is 4.57. The lowest BCUT2D eigenvalue weighted by Gasteiger charge is -2.36. The zero-order valence-electron chi connectivity index (χ0n) is 15.8. The van der Waals surface area contributed by atoms with Crippen LogP contribution in [-0.2, 0) is 14.1 Å². The van der Waals surface area contributed by atoms with Gasteiger partial charge in [0.25, 0.3) is 0 Å². The third-order valence-corrected chi connectivity index (χ3v) is 6.76. The van der Waals surface area contributed by atoms with Gasteiger partial charge in [-0.15, -0.1) is 11.8 Å². The summed E-state index contributed by atoms with van der Waals surface area (Å²) >= 11 is 0.395. The van der Waals surface area contributed by atoms with Crippen molar-refractivity contribution in [2.24, 2.45) is 17.8 Å². The summed E-state index contributed by atoms with van der Waals surface area (Å²) in [6, 6.07) is 0. The number of thioether (sulfide) groups is 1. The van der Waals surface area contributed by atoms with Crippen LogP contribution in [0, 0.1) is 41.0 Å². The van der Waals surface area contributed by atoms with Gasteiger partial charge in [0.05, 0.1) is 29.6 Å². The molecule has 0 saturated heterocycles. The van der Waals surface area contributed by atoms with E-state index in [4.69, 9.17) is 4.74 Å². The van der Waals surface area contributed by atoms with E-state index >= 15 is 0 Å². The molecule has 1 unspecified atom stereocenters. The molecule has 4 nitrogen and oxygen atoms in total. The van der Waals surface area contributed by atoms with E-state index in [9.17, 15) is 22.8 Å². The van der Waals surface area contributed by atoms with Crippen LogP contribution < -0.4 is 5.26 Å². The Labute approximate surface area is 170 Å². The Bertz CT molecular complexity index is 634. The van der Waals surface area contributed by atoms with Gasteiger partial charge in [-0.1, -0.05) is 20.8 Å². The Morgan fingerprint density at radius 2 is 1.64 bits per heavy atom. The van der Waals surface area contributed by atoms with E-state index in [1.807, 2.05) is 0 Å². The Hall–Kier alpha value is -0.520. The van der Waals surface area contributed by atoms with E-state index < -0.39 is 33.1 Å². The number of benzene rings is 1. The van der Waals surface area contributed by atoms with Crippen molar-refractivity contribution in [3.8, 4) is 0 Å². The molecule has 2 rings (SSSR count). The maximum atomic E-state index is 14.1. The molecule has 0 aliphatic heterocycles. The quantitative estimate of drug-likeness (QED) is 0.101. The number of rotatable bonds is 9. The maximum absolute atomic E-state index is 14.1. The minimum Gasteiger partial charge on any atom is -0.691 e. The lowest BCUT2D eigenvalue weighted by Crippen LogP contribution is -2.32. The number of hydrogen-bond donors (Lipinski definition) is 0. The minimum atomic E-state index is -1.65. The molecule has 3 atom stereocenters. The molecule has 160 valence electrons. The Kier molecular flexibility index (Phi) is 9.36. The summed E-state index contributed by atoms with van der Waals surface area (Å²) in [7, 11) is 0. The SMILES string of the molecule is CC(C)[C@H]1CC[C@H](C)C(OCCSc2c(F)c(F)c(SOO[O-])c(F)c2F)C1. The van der Waals surface area contributed by atoms with Gasteiger partial charge in [-0.25, -0.2) is 17.6 Å². The van der Waals surface area contributed by atoms with Crippen LogP contribution in [0.2, 0.25) is 0 Å². The Morgan fingerprint density at radius 3 is 2.21 bits per heavy atom. The van der Waals surface area contributed by atoms with Gasteiger partial charge < -0.3 is 9.99 Å². The molecular weight excluding hydrogens is 420 g/mol. The summed E-state index contributed by atoms with van der Waals surface area (Å²) in [6.45, 7) is 6.68. The number of halogens is 4. The monoisotopic (exact) mass is 443 g/mol. The Balaban J connectivity index is 1.95. The van der Waals surface area contributed by atoms with Crippen molar-refractivity contribution >= 4 is 23.8 Å². The topological polar surface area (TPSA) is 50.8 Å². The van der Waals surface area contributed by atoms with Crippen LogP contribution in [0.4, 0.5) is 17.6 Å². The normalized spacial score (nSPS) is 22.8. The smallest absolute Gasteiger partial charge is 0.179 e. The average Bonchev–Trinajstić information content (AvgIpc) is 2.67. The van der Waals surface area contributed by atoms with E-state index in [2.05, 4.69) is 30.1 Å². The maximum Gasteiger partial charge on any atom is 0.179 e. The molecule has 0 amide bonds. The molecule has 0 aromatic heterocycles. The predicted molar refractivity (Wildman–Crippen MR) is 96.1 cm³/mol. The molecule has 10 heteroatoms. The number of hydrogen-bond acceptors (Lipinski definition) is 6. The van der Waals surface area contributed by atoms with Gasteiger partial charge in [-0.3, -0.25) is 5.04 Å². The van der Waals surface area contributed by atoms with Crippen LogP contribution in [0.1, 0.15) is 40.0 Å². The van der Waals surface area contributed by atoms with E-state index in [-0.39, 0.29) is 30.5 Å². The van der Waals surface area contributed by atoms with E-state index in [0.717, 1.165) is 19.3 Å². The third kappa shape index (κ3) is 5.76. The van der Waals surface area contributed by atoms with Crippen molar-refractivity contribution in [3.05, 3.63) is 23.3 Å². The molecule has 1 saturated carbocycles. The van der Waals surface area contributed by atoms with Crippen LogP contribution in [-0.4, -0.2) is 18.5 Å². The van der Waals surface area contributed by atoms with E-state index in [1.54, 1.807) is 0 Å². The molecule has 1 aliphatic rings. The molecular formula is C18H23F4O4S2-. The van der Waals surface area contributed by atoms with Crippen LogP contribution in [0.25, 0.3) is 0 Å². The second-order valence-corrected chi connectivity index (χ2v) is 9.00. The molecule has 0 heterocycles. The largest absolute Gasteiger partial charge is 0.691 e. The van der Waals surface area contributed by atoms with Crippen LogP contribution in [0.3, 0.4) is 0 Å². The highest BCUT2D eigenvalue weighted by Gasteiger charge is 2.30. The van der Waals surface area contributed by atoms with Gasteiger partial charge >= 0.3 is 0 Å². The van der Waals surface area contributed by atoms with Crippen molar-refractivity contribution in [2.45, 2.75) is 55.9 Å². The highest BCUT2D eigenvalue weighted by Crippen LogP contribution is 2.37. The highest BCUT2D eigenvalue weighted by molar-refractivity contribution is 7.99. The van der Waals surface area contributed by atoms with Crippen LogP contribution >= 0.6 is 23.8 Å². The van der Waals surface area contributed by atoms with Gasteiger partial charge in [0.1, 0.15) is 4.90 Å². The van der Waals surface area contributed by atoms with Gasteiger partial charge in [0.2, 0.25) is 0 Å². The lowest BCUT2D eigenvalue weighted by molar-refractivity contribution is -0.777. The summed E-state index contributed by atoms with van der Waals surface area (Å²) in [4.78, 5) is -1.90. The summed E-state index contributed by atoms with van der Waals surface area (Å²) < 4.78 is 65.6. The number of ether oxygens (including phenoxy) is 1. The molecule has 1 aliphatic carbocycles. The van der Waals surface area contributed by atoms with Gasteiger partial charge in [0, 0.05) is 5.75 Å². The summed E-state index contributed by atoms with van der Waals surface area (Å²) in [5.41, 5.74) is 0. The first-order valence-corrected chi connectivity index (χ1v) is 10.7. The zero-order chi connectivity index (χ0) is 20.8. The van der Waals surface area contributed by atoms with Crippen molar-refractivity contribution < 1.29 is 36.9 Å². The first-order valence-electron chi connectivity index (χ1n) is 9.01. The Morgan fingerprint density at radius 1 is 1.04 bits per heavy atom. The van der Waals surface area contributed by atoms with Gasteiger partial charge in [0.15, 0.2) is 23.3 Å². The molecule has 1 aromatic carbocycles. The second-order valence-electron chi connectivity index (χ2n) is 7.19. The fraction of sp³-hybridized carbons (Fsp3) is 0.667. The second kappa shape index (κ2) is 11.0. The van der Waals surface area contributed by atoms with Crippen molar-refractivity contribution in [1.29, 1.82) is 0 Å². The molecule has 0 radical (unpaired) electrons. The molecule has 28 heavy (non-hydrogen) atoms.